The van der Waals surface area contributed by atoms with Gasteiger partial charge >= 0.3 is 0 Å². The van der Waals surface area contributed by atoms with Crippen molar-refractivity contribution >= 4 is 11.7 Å². The number of hydrogen-bond donors (Lipinski definition) is 2. The van der Waals surface area contributed by atoms with Gasteiger partial charge in [0.2, 0.25) is 0 Å². The average molecular weight is 263 g/mol. The molecule has 1 saturated carbocycles. The predicted molar refractivity (Wildman–Crippen MR) is 74.4 cm³/mol. The van der Waals surface area contributed by atoms with Crippen LogP contribution in [0, 0.1) is 5.92 Å². The number of anilines is 1. The van der Waals surface area contributed by atoms with Gasteiger partial charge in [-0.2, -0.15) is 5.10 Å². The molecule has 3 N–H and O–H groups in total. The molecule has 19 heavy (non-hydrogen) atoms. The second-order valence-corrected chi connectivity index (χ2v) is 5.36. The number of aromatic nitrogens is 2. The van der Waals surface area contributed by atoms with Crippen LogP contribution in [-0.4, -0.2) is 33.8 Å². The van der Waals surface area contributed by atoms with Crippen molar-refractivity contribution in [1.82, 2.24) is 10.2 Å². The molecule has 0 spiro atoms. The van der Waals surface area contributed by atoms with E-state index in [1.54, 1.807) is 12.3 Å². The van der Waals surface area contributed by atoms with Gasteiger partial charge in [0.1, 0.15) is 0 Å². The first-order valence-electron chi connectivity index (χ1n) is 6.69. The summed E-state index contributed by atoms with van der Waals surface area (Å²) in [5, 5.41) is 20.1. The van der Waals surface area contributed by atoms with Crippen LogP contribution in [0.5, 0.6) is 0 Å². The molecule has 0 unspecified atom stereocenters. The Hall–Kier alpha value is -1.85. The van der Waals surface area contributed by atoms with E-state index in [2.05, 4.69) is 34.1 Å². The third kappa shape index (κ3) is 3.33. The molecule has 1 fully saturated rings. The summed E-state index contributed by atoms with van der Waals surface area (Å²) in [6, 6.07) is 2.25. The summed E-state index contributed by atoms with van der Waals surface area (Å²) in [5.41, 5.74) is 6.36. The SMILES string of the molecule is CC(C)CCN(c1nnccc1/C(N)=N/O)C1CC1. The number of nitrogens with zero attached hydrogens (tertiary/aromatic N) is 4. The van der Waals surface area contributed by atoms with Crippen molar-refractivity contribution in [3.8, 4) is 0 Å². The van der Waals surface area contributed by atoms with E-state index in [0.29, 0.717) is 17.5 Å². The molecule has 0 radical (unpaired) electrons. The van der Waals surface area contributed by atoms with E-state index in [9.17, 15) is 0 Å². The molecule has 0 aliphatic heterocycles. The fraction of sp³-hybridized carbons (Fsp3) is 0.615. The number of amidine groups is 1. The summed E-state index contributed by atoms with van der Waals surface area (Å²) < 4.78 is 0. The van der Waals surface area contributed by atoms with Gasteiger partial charge in [0, 0.05) is 12.6 Å². The lowest BCUT2D eigenvalue weighted by Crippen LogP contribution is -2.31. The van der Waals surface area contributed by atoms with Crippen molar-refractivity contribution in [2.45, 2.75) is 39.2 Å². The van der Waals surface area contributed by atoms with Crippen LogP contribution in [-0.2, 0) is 0 Å². The second kappa shape index (κ2) is 5.86. The van der Waals surface area contributed by atoms with E-state index in [1.165, 1.54) is 12.8 Å². The van der Waals surface area contributed by atoms with Gasteiger partial charge in [-0.25, -0.2) is 0 Å². The summed E-state index contributed by atoms with van der Waals surface area (Å²) in [6.07, 6.45) is 4.99. The molecule has 0 aromatic carbocycles. The number of hydrogen-bond acceptors (Lipinski definition) is 5. The highest BCUT2D eigenvalue weighted by atomic mass is 16.4. The van der Waals surface area contributed by atoms with Crippen LogP contribution in [0.25, 0.3) is 0 Å². The van der Waals surface area contributed by atoms with Crippen LogP contribution in [0.4, 0.5) is 5.82 Å². The van der Waals surface area contributed by atoms with Crippen LogP contribution in [0.1, 0.15) is 38.7 Å². The van der Waals surface area contributed by atoms with Crippen LogP contribution in [0.15, 0.2) is 17.4 Å². The molecule has 2 rings (SSSR count). The molecule has 1 aromatic heterocycles. The Kier molecular flexibility index (Phi) is 4.19. The third-order valence-electron chi connectivity index (χ3n) is 3.29. The molecule has 1 aromatic rings. The van der Waals surface area contributed by atoms with Crippen molar-refractivity contribution in [3.63, 3.8) is 0 Å². The summed E-state index contributed by atoms with van der Waals surface area (Å²) >= 11 is 0. The maximum atomic E-state index is 8.86. The lowest BCUT2D eigenvalue weighted by atomic mass is 10.1. The van der Waals surface area contributed by atoms with E-state index in [-0.39, 0.29) is 5.84 Å². The van der Waals surface area contributed by atoms with E-state index >= 15 is 0 Å². The van der Waals surface area contributed by atoms with Gasteiger partial charge in [-0.3, -0.25) is 0 Å². The fourth-order valence-electron chi connectivity index (χ4n) is 2.04. The number of oxime groups is 1. The maximum absolute atomic E-state index is 8.86. The lowest BCUT2D eigenvalue weighted by Gasteiger charge is -2.25. The summed E-state index contributed by atoms with van der Waals surface area (Å²) in [5.74, 6) is 1.44. The van der Waals surface area contributed by atoms with Crippen molar-refractivity contribution in [2.24, 2.45) is 16.8 Å². The topological polar surface area (TPSA) is 87.6 Å². The number of rotatable bonds is 6. The predicted octanol–water partition coefficient (Wildman–Crippen LogP) is 1.59. The Bertz CT molecular complexity index is 456. The molecule has 0 amide bonds. The van der Waals surface area contributed by atoms with Crippen LogP contribution in [0.3, 0.4) is 0 Å². The Morgan fingerprint density at radius 3 is 2.89 bits per heavy atom. The van der Waals surface area contributed by atoms with Crippen molar-refractivity contribution in [3.05, 3.63) is 17.8 Å². The zero-order valence-corrected chi connectivity index (χ0v) is 11.5. The maximum Gasteiger partial charge on any atom is 0.173 e. The monoisotopic (exact) mass is 263 g/mol. The molecule has 6 nitrogen and oxygen atoms in total. The third-order valence-corrected chi connectivity index (χ3v) is 3.29. The highest BCUT2D eigenvalue weighted by Gasteiger charge is 2.31. The lowest BCUT2D eigenvalue weighted by molar-refractivity contribution is 0.318. The first kappa shape index (κ1) is 13.6. The zero-order valence-electron chi connectivity index (χ0n) is 11.5. The fourth-order valence-corrected chi connectivity index (χ4v) is 2.04. The van der Waals surface area contributed by atoms with Gasteiger partial charge in [0.15, 0.2) is 11.7 Å². The Balaban J connectivity index is 2.26. The Labute approximate surface area is 113 Å². The molecule has 104 valence electrons. The molecular weight excluding hydrogens is 242 g/mol. The zero-order chi connectivity index (χ0) is 13.8. The molecule has 0 atom stereocenters. The van der Waals surface area contributed by atoms with Gasteiger partial charge in [-0.05, 0) is 31.2 Å². The minimum Gasteiger partial charge on any atom is -0.409 e. The Morgan fingerprint density at radius 1 is 1.58 bits per heavy atom. The first-order valence-corrected chi connectivity index (χ1v) is 6.69. The normalized spacial score (nSPS) is 15.8. The second-order valence-electron chi connectivity index (χ2n) is 5.36. The quantitative estimate of drug-likeness (QED) is 0.352. The van der Waals surface area contributed by atoms with Crippen molar-refractivity contribution in [1.29, 1.82) is 0 Å². The minimum atomic E-state index is 0.0834. The van der Waals surface area contributed by atoms with E-state index in [0.717, 1.165) is 18.8 Å². The summed E-state index contributed by atoms with van der Waals surface area (Å²) in [7, 11) is 0. The average Bonchev–Trinajstić information content (AvgIpc) is 3.23. The van der Waals surface area contributed by atoms with E-state index in [4.69, 9.17) is 10.9 Å². The minimum absolute atomic E-state index is 0.0834. The van der Waals surface area contributed by atoms with Gasteiger partial charge in [0.25, 0.3) is 0 Å². The molecule has 6 heteroatoms. The van der Waals surface area contributed by atoms with Crippen LogP contribution < -0.4 is 10.6 Å². The van der Waals surface area contributed by atoms with E-state index < -0.39 is 0 Å². The largest absolute Gasteiger partial charge is 0.409 e. The molecule has 0 saturated heterocycles. The standard InChI is InChI=1S/C13H21N5O/c1-9(2)6-8-18(10-3-4-10)13-11(12(14)17-19)5-7-15-16-13/h5,7,9-10,19H,3-4,6,8H2,1-2H3,(H2,14,17). The molecular formula is C13H21N5O. The number of nitrogens with two attached hydrogens (primary N) is 1. The van der Waals surface area contributed by atoms with Crippen LogP contribution in [0.2, 0.25) is 0 Å². The van der Waals surface area contributed by atoms with Gasteiger partial charge in [-0.15, -0.1) is 5.10 Å². The van der Waals surface area contributed by atoms with Crippen molar-refractivity contribution < 1.29 is 5.21 Å². The van der Waals surface area contributed by atoms with Gasteiger partial charge in [-0.1, -0.05) is 19.0 Å². The summed E-state index contributed by atoms with van der Waals surface area (Å²) in [4.78, 5) is 2.24. The molecule has 1 aliphatic rings. The first-order chi connectivity index (χ1) is 9.13. The van der Waals surface area contributed by atoms with Gasteiger partial charge in [0.05, 0.1) is 11.8 Å². The molecule has 0 bridgehead atoms. The highest BCUT2D eigenvalue weighted by Crippen LogP contribution is 2.32. The van der Waals surface area contributed by atoms with E-state index in [1.807, 2.05) is 0 Å². The molecule has 1 heterocycles. The molecule has 1 aliphatic carbocycles. The highest BCUT2D eigenvalue weighted by molar-refractivity contribution is 6.01. The van der Waals surface area contributed by atoms with Crippen molar-refractivity contribution in [2.75, 3.05) is 11.4 Å². The summed E-state index contributed by atoms with van der Waals surface area (Å²) in [6.45, 7) is 5.32. The Morgan fingerprint density at radius 2 is 2.32 bits per heavy atom. The smallest absolute Gasteiger partial charge is 0.173 e. The van der Waals surface area contributed by atoms with Crippen LogP contribution >= 0.6 is 0 Å². The van der Waals surface area contributed by atoms with Gasteiger partial charge < -0.3 is 15.8 Å².